The number of nitrogens with two attached hydrogens (primary N) is 1. The Labute approximate surface area is 113 Å². The van der Waals surface area contributed by atoms with Crippen LogP contribution >= 0.6 is 24.2 Å². The van der Waals surface area contributed by atoms with Gasteiger partial charge in [0.1, 0.15) is 0 Å². The Morgan fingerprint density at radius 2 is 2.00 bits per heavy atom. The molecule has 0 aliphatic heterocycles. The molecule has 3 N–H and O–H groups in total. The van der Waals surface area contributed by atoms with Crippen molar-refractivity contribution in [3.63, 3.8) is 0 Å². The van der Waals surface area contributed by atoms with Gasteiger partial charge in [-0.3, -0.25) is 4.79 Å². The topological polar surface area (TPSA) is 55.1 Å². The monoisotopic (exact) mass is 274 g/mol. The van der Waals surface area contributed by atoms with Crippen molar-refractivity contribution in [1.29, 1.82) is 0 Å². The van der Waals surface area contributed by atoms with Gasteiger partial charge in [0.15, 0.2) is 0 Å². The summed E-state index contributed by atoms with van der Waals surface area (Å²) in [5.41, 5.74) is 7.64. The van der Waals surface area contributed by atoms with Gasteiger partial charge in [-0.15, -0.1) is 12.4 Å². The molecule has 1 amide bonds. The van der Waals surface area contributed by atoms with Gasteiger partial charge in [0.05, 0.1) is 0 Å². The van der Waals surface area contributed by atoms with E-state index in [4.69, 9.17) is 5.73 Å². The summed E-state index contributed by atoms with van der Waals surface area (Å²) < 4.78 is 0. The Balaban J connectivity index is 0.00000256. The molecule has 1 rings (SSSR count). The summed E-state index contributed by atoms with van der Waals surface area (Å²) in [6.07, 6.45) is 2.42. The van der Waals surface area contributed by atoms with Gasteiger partial charge < -0.3 is 11.1 Å². The normalized spacial score (nSPS) is 11.5. The summed E-state index contributed by atoms with van der Waals surface area (Å²) in [7, 11) is 0. The number of rotatable bonds is 5. The SMILES string of the molecule is CSCc1ccc(NC(=O)CC(C)N)cc1.Cl. The van der Waals surface area contributed by atoms with Crippen LogP contribution in [-0.2, 0) is 10.5 Å². The standard InChI is InChI=1S/C12H18N2OS.ClH/c1-9(13)7-12(15)14-11-5-3-10(4-6-11)8-16-2;/h3-6,9H,7-8,13H2,1-2H3,(H,14,15);1H. The first kappa shape index (κ1) is 16.3. The third-order valence-electron chi connectivity index (χ3n) is 2.06. The van der Waals surface area contributed by atoms with E-state index < -0.39 is 0 Å². The molecule has 0 aliphatic carbocycles. The number of carbonyl (C=O) groups excluding carboxylic acids is 1. The van der Waals surface area contributed by atoms with Gasteiger partial charge in [-0.25, -0.2) is 0 Å². The summed E-state index contributed by atoms with van der Waals surface area (Å²) in [5.74, 6) is 0.959. The van der Waals surface area contributed by atoms with Crippen molar-refractivity contribution in [3.8, 4) is 0 Å². The molecule has 0 heterocycles. The van der Waals surface area contributed by atoms with Gasteiger partial charge in [-0.05, 0) is 30.9 Å². The summed E-state index contributed by atoms with van der Waals surface area (Å²) in [5, 5.41) is 2.82. The number of halogens is 1. The lowest BCUT2D eigenvalue weighted by Gasteiger charge is -2.07. The zero-order valence-electron chi connectivity index (χ0n) is 10.1. The van der Waals surface area contributed by atoms with Crippen LogP contribution in [0, 0.1) is 0 Å². The molecule has 17 heavy (non-hydrogen) atoms. The summed E-state index contributed by atoms with van der Waals surface area (Å²) >= 11 is 1.78. The number of anilines is 1. The van der Waals surface area contributed by atoms with Gasteiger partial charge in [0, 0.05) is 23.9 Å². The molecule has 3 nitrogen and oxygen atoms in total. The van der Waals surface area contributed by atoms with Crippen LogP contribution in [0.1, 0.15) is 18.9 Å². The van der Waals surface area contributed by atoms with E-state index in [2.05, 4.69) is 11.6 Å². The fourth-order valence-corrected chi connectivity index (χ4v) is 1.88. The zero-order valence-corrected chi connectivity index (χ0v) is 11.7. The van der Waals surface area contributed by atoms with Crippen LogP contribution in [0.4, 0.5) is 5.69 Å². The van der Waals surface area contributed by atoms with Crippen LogP contribution < -0.4 is 11.1 Å². The maximum Gasteiger partial charge on any atom is 0.225 e. The highest BCUT2D eigenvalue weighted by atomic mass is 35.5. The summed E-state index contributed by atoms with van der Waals surface area (Å²) in [4.78, 5) is 11.4. The molecule has 1 atom stereocenters. The Morgan fingerprint density at radius 3 is 2.47 bits per heavy atom. The molecule has 0 saturated carbocycles. The number of thioether (sulfide) groups is 1. The van der Waals surface area contributed by atoms with E-state index in [9.17, 15) is 4.79 Å². The Bertz CT molecular complexity index is 341. The molecule has 0 aliphatic rings. The molecular formula is C12H19ClN2OS. The van der Waals surface area contributed by atoms with Crippen molar-refractivity contribution in [1.82, 2.24) is 0 Å². The van der Waals surface area contributed by atoms with E-state index in [0.29, 0.717) is 6.42 Å². The quantitative estimate of drug-likeness (QED) is 0.868. The molecule has 0 spiro atoms. The molecule has 1 aromatic carbocycles. The van der Waals surface area contributed by atoms with E-state index in [1.165, 1.54) is 5.56 Å². The number of hydrogen-bond acceptors (Lipinski definition) is 3. The highest BCUT2D eigenvalue weighted by Crippen LogP contribution is 2.13. The molecule has 0 radical (unpaired) electrons. The van der Waals surface area contributed by atoms with Gasteiger partial charge in [0.2, 0.25) is 5.91 Å². The van der Waals surface area contributed by atoms with Gasteiger partial charge >= 0.3 is 0 Å². The number of hydrogen-bond donors (Lipinski definition) is 2. The molecule has 1 aromatic rings. The van der Waals surface area contributed by atoms with E-state index in [0.717, 1.165) is 11.4 Å². The lowest BCUT2D eigenvalue weighted by molar-refractivity contribution is -0.116. The second-order valence-corrected chi connectivity index (χ2v) is 4.73. The van der Waals surface area contributed by atoms with Crippen molar-refractivity contribution in [2.45, 2.75) is 25.1 Å². The Morgan fingerprint density at radius 1 is 1.41 bits per heavy atom. The third-order valence-corrected chi connectivity index (χ3v) is 2.68. The maximum absolute atomic E-state index is 11.4. The lowest BCUT2D eigenvalue weighted by atomic mass is 10.2. The van der Waals surface area contributed by atoms with Crippen molar-refractivity contribution in [3.05, 3.63) is 29.8 Å². The van der Waals surface area contributed by atoms with Crippen LogP contribution in [0.15, 0.2) is 24.3 Å². The lowest BCUT2D eigenvalue weighted by Crippen LogP contribution is -2.23. The van der Waals surface area contributed by atoms with Crippen molar-refractivity contribution >= 4 is 35.8 Å². The van der Waals surface area contributed by atoms with E-state index in [1.54, 1.807) is 11.8 Å². The predicted octanol–water partition coefficient (Wildman–Crippen LogP) is 2.65. The minimum Gasteiger partial charge on any atom is -0.327 e. The van der Waals surface area contributed by atoms with Crippen molar-refractivity contribution in [2.24, 2.45) is 5.73 Å². The number of amides is 1. The first-order chi connectivity index (χ1) is 7.61. The molecular weight excluding hydrogens is 256 g/mol. The molecule has 0 fully saturated rings. The summed E-state index contributed by atoms with van der Waals surface area (Å²) in [6, 6.07) is 7.79. The molecule has 0 saturated heterocycles. The first-order valence-electron chi connectivity index (χ1n) is 5.25. The van der Waals surface area contributed by atoms with Crippen LogP contribution in [-0.4, -0.2) is 18.2 Å². The molecule has 0 aromatic heterocycles. The van der Waals surface area contributed by atoms with E-state index >= 15 is 0 Å². The fraction of sp³-hybridized carbons (Fsp3) is 0.417. The highest BCUT2D eigenvalue weighted by Gasteiger charge is 2.04. The zero-order chi connectivity index (χ0) is 12.0. The second-order valence-electron chi connectivity index (χ2n) is 3.86. The highest BCUT2D eigenvalue weighted by molar-refractivity contribution is 7.97. The average molecular weight is 275 g/mol. The minimum atomic E-state index is -0.101. The molecule has 0 bridgehead atoms. The van der Waals surface area contributed by atoms with Crippen LogP contribution in [0.25, 0.3) is 0 Å². The van der Waals surface area contributed by atoms with E-state index in [1.807, 2.05) is 31.2 Å². The van der Waals surface area contributed by atoms with Crippen LogP contribution in [0.2, 0.25) is 0 Å². The second kappa shape index (κ2) is 8.39. The third kappa shape index (κ3) is 6.56. The molecule has 96 valence electrons. The molecule has 5 heteroatoms. The number of carbonyl (C=O) groups is 1. The average Bonchev–Trinajstić information content (AvgIpc) is 2.20. The summed E-state index contributed by atoms with van der Waals surface area (Å²) in [6.45, 7) is 1.82. The van der Waals surface area contributed by atoms with E-state index in [-0.39, 0.29) is 24.4 Å². The van der Waals surface area contributed by atoms with Crippen LogP contribution in [0.3, 0.4) is 0 Å². The Kier molecular flexibility index (Phi) is 8.04. The number of benzene rings is 1. The maximum atomic E-state index is 11.4. The van der Waals surface area contributed by atoms with Gasteiger partial charge in [-0.1, -0.05) is 12.1 Å². The number of nitrogens with one attached hydrogen (secondary N) is 1. The fourth-order valence-electron chi connectivity index (χ4n) is 1.36. The Hall–Kier alpha value is -0.710. The van der Waals surface area contributed by atoms with Gasteiger partial charge in [0.25, 0.3) is 0 Å². The smallest absolute Gasteiger partial charge is 0.225 e. The minimum absolute atomic E-state index is 0. The largest absolute Gasteiger partial charge is 0.327 e. The van der Waals surface area contributed by atoms with Crippen molar-refractivity contribution in [2.75, 3.05) is 11.6 Å². The predicted molar refractivity (Wildman–Crippen MR) is 77.8 cm³/mol. The molecule has 1 unspecified atom stereocenters. The first-order valence-corrected chi connectivity index (χ1v) is 6.64. The van der Waals surface area contributed by atoms with Crippen LogP contribution in [0.5, 0.6) is 0 Å². The van der Waals surface area contributed by atoms with Gasteiger partial charge in [-0.2, -0.15) is 11.8 Å². The van der Waals surface area contributed by atoms with Crippen molar-refractivity contribution < 1.29 is 4.79 Å².